The fourth-order valence-electron chi connectivity index (χ4n) is 2.11. The van der Waals surface area contributed by atoms with Gasteiger partial charge in [-0.05, 0) is 0 Å². The first-order chi connectivity index (χ1) is 8.75. The van der Waals surface area contributed by atoms with Crippen LogP contribution < -0.4 is 5.32 Å². The SMILES string of the molecule is CNC1=N[C@@H]2[C@@H](O)[C@H](O)[C@@H]([C@H](C)C(F)(F)F)O[C@@H]2S1. The summed E-state index contributed by atoms with van der Waals surface area (Å²) in [4.78, 5) is 4.07. The van der Waals surface area contributed by atoms with Crippen LogP contribution in [-0.2, 0) is 4.74 Å². The summed E-state index contributed by atoms with van der Waals surface area (Å²) in [5.74, 6) is -1.86. The lowest BCUT2D eigenvalue weighted by molar-refractivity contribution is -0.244. The van der Waals surface area contributed by atoms with E-state index in [1.165, 1.54) is 0 Å². The molecule has 0 radical (unpaired) electrons. The Morgan fingerprint density at radius 1 is 1.37 bits per heavy atom. The second-order valence-corrected chi connectivity index (χ2v) is 5.66. The average molecular weight is 300 g/mol. The summed E-state index contributed by atoms with van der Waals surface area (Å²) in [6.45, 7) is 0.931. The molecule has 0 unspecified atom stereocenters. The van der Waals surface area contributed by atoms with Crippen molar-refractivity contribution >= 4 is 16.9 Å². The number of aliphatic hydroxyl groups excluding tert-OH is 2. The van der Waals surface area contributed by atoms with Gasteiger partial charge in [0, 0.05) is 7.05 Å². The molecule has 3 N–H and O–H groups in total. The molecule has 2 aliphatic heterocycles. The van der Waals surface area contributed by atoms with Crippen LogP contribution >= 0.6 is 11.8 Å². The molecule has 1 saturated heterocycles. The van der Waals surface area contributed by atoms with Crippen LogP contribution in [0.25, 0.3) is 0 Å². The standard InChI is InChI=1S/C10H15F3N2O3S/c1-3(10(11,12)13)7-6(17)5(16)4-8(18-7)19-9(14-2)15-4/h3-8,16-17H,1-2H3,(H,14,15)/t3-,4+,5+,6-,7+,8+/m0/s1. The molecule has 0 aromatic rings. The van der Waals surface area contributed by atoms with E-state index in [9.17, 15) is 23.4 Å². The Hall–Kier alpha value is -0.510. The number of nitrogens with zero attached hydrogens (tertiary/aromatic N) is 1. The number of hydrogen-bond acceptors (Lipinski definition) is 6. The van der Waals surface area contributed by atoms with Crippen LogP contribution in [0.5, 0.6) is 0 Å². The molecule has 9 heteroatoms. The zero-order valence-electron chi connectivity index (χ0n) is 10.3. The molecule has 6 atom stereocenters. The van der Waals surface area contributed by atoms with Crippen molar-refractivity contribution in [2.45, 2.75) is 42.9 Å². The quantitative estimate of drug-likeness (QED) is 0.650. The largest absolute Gasteiger partial charge is 0.394 e. The highest BCUT2D eigenvalue weighted by atomic mass is 32.2. The third kappa shape index (κ3) is 2.69. The summed E-state index contributed by atoms with van der Waals surface area (Å²) in [6, 6.07) is -0.751. The lowest BCUT2D eigenvalue weighted by Crippen LogP contribution is -2.58. The normalized spacial score (nSPS) is 40.6. The molecule has 1 fully saturated rings. The van der Waals surface area contributed by atoms with Gasteiger partial charge in [-0.15, -0.1) is 0 Å². The summed E-state index contributed by atoms with van der Waals surface area (Å²) in [5, 5.41) is 22.9. The first-order valence-corrected chi connectivity index (χ1v) is 6.64. The van der Waals surface area contributed by atoms with Crippen LogP contribution in [0.3, 0.4) is 0 Å². The van der Waals surface area contributed by atoms with Gasteiger partial charge < -0.3 is 20.3 Å². The zero-order chi connectivity index (χ0) is 14.4. The number of amidine groups is 1. The third-order valence-electron chi connectivity index (χ3n) is 3.32. The summed E-state index contributed by atoms with van der Waals surface area (Å²) < 4.78 is 43.4. The van der Waals surface area contributed by atoms with Crippen molar-refractivity contribution in [2.24, 2.45) is 10.9 Å². The monoisotopic (exact) mass is 300 g/mol. The average Bonchev–Trinajstić information content (AvgIpc) is 2.75. The number of rotatable bonds is 1. The van der Waals surface area contributed by atoms with Crippen LogP contribution in [0.15, 0.2) is 4.99 Å². The molecule has 0 aromatic heterocycles. The molecule has 0 spiro atoms. The Morgan fingerprint density at radius 2 is 2.00 bits per heavy atom. The van der Waals surface area contributed by atoms with E-state index in [0.29, 0.717) is 5.17 Å². The Balaban J connectivity index is 2.16. The number of alkyl halides is 3. The molecule has 0 bridgehead atoms. The molecule has 110 valence electrons. The Bertz CT molecular complexity index is 380. The lowest BCUT2D eigenvalue weighted by Gasteiger charge is -2.41. The Kier molecular flexibility index (Phi) is 4.01. The zero-order valence-corrected chi connectivity index (χ0v) is 11.1. The van der Waals surface area contributed by atoms with E-state index in [-0.39, 0.29) is 0 Å². The molecular weight excluding hydrogens is 285 g/mol. The van der Waals surface area contributed by atoms with Gasteiger partial charge in [-0.1, -0.05) is 18.7 Å². The Labute approximate surface area is 112 Å². The molecule has 2 heterocycles. The van der Waals surface area contributed by atoms with Gasteiger partial charge in [-0.2, -0.15) is 13.2 Å². The summed E-state index contributed by atoms with van der Waals surface area (Å²) in [5.41, 5.74) is -0.712. The van der Waals surface area contributed by atoms with Crippen molar-refractivity contribution in [3.05, 3.63) is 0 Å². The highest BCUT2D eigenvalue weighted by molar-refractivity contribution is 8.14. The number of hydrogen-bond donors (Lipinski definition) is 3. The summed E-state index contributed by atoms with van der Waals surface area (Å²) >= 11 is 1.11. The first kappa shape index (κ1) is 14.9. The minimum atomic E-state index is -4.49. The van der Waals surface area contributed by atoms with Gasteiger partial charge in [-0.3, -0.25) is 4.99 Å². The molecule has 0 aliphatic carbocycles. The van der Waals surface area contributed by atoms with Crippen LogP contribution in [0.4, 0.5) is 13.2 Å². The molecule has 2 rings (SSSR count). The van der Waals surface area contributed by atoms with E-state index < -0.39 is 41.9 Å². The molecule has 0 amide bonds. The van der Waals surface area contributed by atoms with E-state index >= 15 is 0 Å². The first-order valence-electron chi connectivity index (χ1n) is 5.76. The van der Waals surface area contributed by atoms with E-state index in [2.05, 4.69) is 10.3 Å². The lowest BCUT2D eigenvalue weighted by atomic mass is 9.90. The number of fused-ring (bicyclic) bond motifs is 1. The van der Waals surface area contributed by atoms with E-state index in [4.69, 9.17) is 4.74 Å². The molecule has 0 aromatic carbocycles. The third-order valence-corrected chi connectivity index (χ3v) is 4.48. The van der Waals surface area contributed by atoms with E-state index in [1.807, 2.05) is 0 Å². The van der Waals surface area contributed by atoms with E-state index in [0.717, 1.165) is 18.7 Å². The number of thioether (sulfide) groups is 1. The Morgan fingerprint density at radius 3 is 2.53 bits per heavy atom. The van der Waals surface area contributed by atoms with Crippen molar-refractivity contribution < 1.29 is 28.1 Å². The topological polar surface area (TPSA) is 74.1 Å². The van der Waals surface area contributed by atoms with Crippen molar-refractivity contribution in [1.82, 2.24) is 5.32 Å². The number of halogens is 3. The smallest absolute Gasteiger partial charge is 0.388 e. The van der Waals surface area contributed by atoms with Crippen molar-refractivity contribution in [3.8, 4) is 0 Å². The van der Waals surface area contributed by atoms with Gasteiger partial charge in [0.15, 0.2) is 5.17 Å². The van der Waals surface area contributed by atoms with Gasteiger partial charge in [0.1, 0.15) is 23.7 Å². The van der Waals surface area contributed by atoms with Gasteiger partial charge >= 0.3 is 6.18 Å². The highest BCUT2D eigenvalue weighted by Gasteiger charge is 2.54. The van der Waals surface area contributed by atoms with Gasteiger partial charge in [0.05, 0.1) is 12.0 Å². The number of ether oxygens (including phenoxy) is 1. The van der Waals surface area contributed by atoms with Crippen molar-refractivity contribution in [1.29, 1.82) is 0 Å². The summed E-state index contributed by atoms with van der Waals surface area (Å²) in [6.07, 6.45) is -8.96. The fourth-order valence-corrected chi connectivity index (χ4v) is 3.17. The van der Waals surface area contributed by atoms with Crippen LogP contribution in [-0.4, -0.2) is 58.4 Å². The molecule has 0 saturated carbocycles. The maximum Gasteiger partial charge on any atom is 0.394 e. The van der Waals surface area contributed by atoms with Crippen molar-refractivity contribution in [2.75, 3.05) is 7.05 Å². The fraction of sp³-hybridized carbons (Fsp3) is 0.900. The number of nitrogens with one attached hydrogen (secondary N) is 1. The second-order valence-electron chi connectivity index (χ2n) is 4.57. The second kappa shape index (κ2) is 5.12. The van der Waals surface area contributed by atoms with Crippen LogP contribution in [0.1, 0.15) is 6.92 Å². The number of aliphatic hydroxyl groups is 2. The minimum Gasteiger partial charge on any atom is -0.388 e. The molecular formula is C10H15F3N2O3S. The highest BCUT2D eigenvalue weighted by Crippen LogP contribution is 2.41. The van der Waals surface area contributed by atoms with Gasteiger partial charge in [-0.25, -0.2) is 0 Å². The predicted octanol–water partition coefficient (Wildman–Crippen LogP) is 0.322. The van der Waals surface area contributed by atoms with Gasteiger partial charge in [0.25, 0.3) is 0 Å². The molecule has 2 aliphatic rings. The van der Waals surface area contributed by atoms with E-state index in [1.54, 1.807) is 7.05 Å². The van der Waals surface area contributed by atoms with Crippen LogP contribution in [0.2, 0.25) is 0 Å². The number of aliphatic imine (C=N–C) groups is 1. The van der Waals surface area contributed by atoms with Crippen molar-refractivity contribution in [3.63, 3.8) is 0 Å². The predicted molar refractivity (Wildman–Crippen MR) is 63.8 cm³/mol. The molecule has 19 heavy (non-hydrogen) atoms. The molecule has 5 nitrogen and oxygen atoms in total. The van der Waals surface area contributed by atoms with Crippen LogP contribution in [0, 0.1) is 5.92 Å². The summed E-state index contributed by atoms with van der Waals surface area (Å²) in [7, 11) is 1.61. The minimum absolute atomic E-state index is 0.474. The maximum atomic E-state index is 12.7. The van der Waals surface area contributed by atoms with Gasteiger partial charge in [0.2, 0.25) is 0 Å². The maximum absolute atomic E-state index is 12.7.